The summed E-state index contributed by atoms with van der Waals surface area (Å²) in [5.41, 5.74) is 1.75. The van der Waals surface area contributed by atoms with Crippen LogP contribution in [0.2, 0.25) is 0 Å². The molecule has 130 valence electrons. The van der Waals surface area contributed by atoms with Crippen molar-refractivity contribution in [2.75, 3.05) is 31.6 Å². The number of benzene rings is 2. The summed E-state index contributed by atoms with van der Waals surface area (Å²) in [4.78, 5) is 27.9. The number of anilines is 1. The van der Waals surface area contributed by atoms with Crippen molar-refractivity contribution in [3.8, 4) is 5.75 Å². The highest BCUT2D eigenvalue weighted by Crippen LogP contribution is 2.30. The minimum absolute atomic E-state index is 0.0529. The van der Waals surface area contributed by atoms with Crippen LogP contribution in [0.4, 0.5) is 10.5 Å². The lowest BCUT2D eigenvalue weighted by molar-refractivity contribution is -0.121. The molecule has 0 aromatic heterocycles. The molecule has 0 spiro atoms. The highest BCUT2D eigenvalue weighted by Gasteiger charge is 2.32. The number of para-hydroxylation sites is 2. The number of amides is 3. The molecule has 2 aromatic rings. The van der Waals surface area contributed by atoms with Gasteiger partial charge in [0, 0.05) is 19.6 Å². The van der Waals surface area contributed by atoms with Gasteiger partial charge < -0.3 is 15.0 Å². The lowest BCUT2D eigenvalue weighted by atomic mass is 10.2. The van der Waals surface area contributed by atoms with E-state index >= 15 is 0 Å². The van der Waals surface area contributed by atoms with Crippen LogP contribution in [0.5, 0.6) is 5.75 Å². The number of methoxy groups -OCH3 is 1. The van der Waals surface area contributed by atoms with Gasteiger partial charge in [0.2, 0.25) is 5.91 Å². The molecule has 1 N–H and O–H groups in total. The lowest BCUT2D eigenvalue weighted by Gasteiger charge is -2.20. The van der Waals surface area contributed by atoms with Gasteiger partial charge in [0.15, 0.2) is 0 Å². The maximum absolute atomic E-state index is 12.6. The van der Waals surface area contributed by atoms with Crippen molar-refractivity contribution in [3.63, 3.8) is 0 Å². The fourth-order valence-electron chi connectivity index (χ4n) is 2.83. The van der Waals surface area contributed by atoms with E-state index in [9.17, 15) is 9.59 Å². The van der Waals surface area contributed by atoms with Crippen molar-refractivity contribution in [1.82, 2.24) is 10.2 Å². The second-order valence-electron chi connectivity index (χ2n) is 5.79. The Morgan fingerprint density at radius 1 is 1.08 bits per heavy atom. The van der Waals surface area contributed by atoms with Crippen molar-refractivity contribution in [3.05, 3.63) is 60.2 Å². The Balaban J connectivity index is 1.57. The molecule has 1 fully saturated rings. The number of hydrogen-bond acceptors (Lipinski definition) is 3. The summed E-state index contributed by atoms with van der Waals surface area (Å²) in [5.74, 6) is 0.477. The van der Waals surface area contributed by atoms with Crippen LogP contribution in [0, 0.1) is 0 Å². The van der Waals surface area contributed by atoms with E-state index in [0.717, 1.165) is 11.3 Å². The summed E-state index contributed by atoms with van der Waals surface area (Å²) in [6, 6.07) is 16.9. The first kappa shape index (κ1) is 16.8. The van der Waals surface area contributed by atoms with Crippen LogP contribution in [0.3, 0.4) is 0 Å². The maximum atomic E-state index is 12.6. The number of ether oxygens (including phenoxy) is 1. The summed E-state index contributed by atoms with van der Waals surface area (Å²) in [6.07, 6.45) is 0. The molecule has 0 unspecified atom stereocenters. The zero-order valence-electron chi connectivity index (χ0n) is 14.1. The van der Waals surface area contributed by atoms with Gasteiger partial charge in [-0.25, -0.2) is 4.79 Å². The Hall–Kier alpha value is -3.02. The van der Waals surface area contributed by atoms with Crippen LogP contribution in [0.15, 0.2) is 54.6 Å². The fraction of sp³-hybridized carbons (Fsp3) is 0.263. The van der Waals surface area contributed by atoms with E-state index in [-0.39, 0.29) is 18.5 Å². The smallest absolute Gasteiger partial charge is 0.325 e. The first-order chi connectivity index (χ1) is 12.2. The zero-order valence-corrected chi connectivity index (χ0v) is 14.1. The first-order valence-electron chi connectivity index (χ1n) is 8.19. The van der Waals surface area contributed by atoms with Crippen molar-refractivity contribution in [1.29, 1.82) is 0 Å². The Kier molecular flexibility index (Phi) is 5.18. The number of rotatable bonds is 6. The zero-order chi connectivity index (χ0) is 17.6. The molecule has 2 aromatic carbocycles. The minimum Gasteiger partial charge on any atom is -0.495 e. The summed E-state index contributed by atoms with van der Waals surface area (Å²) >= 11 is 0. The predicted octanol–water partition coefficient (Wildman–Crippen LogP) is 2.25. The van der Waals surface area contributed by atoms with Gasteiger partial charge in [-0.15, -0.1) is 0 Å². The summed E-state index contributed by atoms with van der Waals surface area (Å²) in [7, 11) is 1.58. The van der Waals surface area contributed by atoms with Crippen molar-refractivity contribution >= 4 is 17.6 Å². The Morgan fingerprint density at radius 2 is 1.80 bits per heavy atom. The van der Waals surface area contributed by atoms with Crippen LogP contribution in [0.1, 0.15) is 5.56 Å². The van der Waals surface area contributed by atoms with E-state index in [1.807, 2.05) is 54.6 Å². The molecule has 6 heteroatoms. The van der Waals surface area contributed by atoms with Gasteiger partial charge in [-0.05, 0) is 17.7 Å². The molecular weight excluding hydrogens is 318 g/mol. The third kappa shape index (κ3) is 3.91. The quantitative estimate of drug-likeness (QED) is 0.878. The molecule has 3 rings (SSSR count). The van der Waals surface area contributed by atoms with Crippen LogP contribution < -0.4 is 15.0 Å². The molecule has 1 heterocycles. The second kappa shape index (κ2) is 7.70. The summed E-state index contributed by atoms with van der Waals surface area (Å²) in [5, 5.41) is 2.85. The topological polar surface area (TPSA) is 61.9 Å². The average molecular weight is 339 g/mol. The largest absolute Gasteiger partial charge is 0.495 e. The second-order valence-corrected chi connectivity index (χ2v) is 5.79. The minimum atomic E-state index is -0.181. The van der Waals surface area contributed by atoms with Crippen LogP contribution in [0.25, 0.3) is 0 Å². The summed E-state index contributed by atoms with van der Waals surface area (Å²) < 4.78 is 5.32. The normalized spacial score (nSPS) is 13.9. The fourth-order valence-corrected chi connectivity index (χ4v) is 2.83. The van der Waals surface area contributed by atoms with Crippen LogP contribution in [-0.4, -0.2) is 43.6 Å². The number of carbonyl (C=O) groups excluding carboxylic acids is 2. The monoisotopic (exact) mass is 339 g/mol. The first-order valence-corrected chi connectivity index (χ1v) is 8.19. The van der Waals surface area contributed by atoms with Crippen molar-refractivity contribution < 1.29 is 14.3 Å². The molecule has 1 aliphatic rings. The number of hydrogen-bond donors (Lipinski definition) is 1. The average Bonchev–Trinajstić information content (AvgIpc) is 3.01. The molecule has 0 bridgehead atoms. The van der Waals surface area contributed by atoms with Gasteiger partial charge in [-0.3, -0.25) is 9.69 Å². The van der Waals surface area contributed by atoms with Gasteiger partial charge in [0.1, 0.15) is 12.3 Å². The molecular formula is C19H21N3O3. The number of urea groups is 1. The number of nitrogens with zero attached hydrogens (tertiary/aromatic N) is 2. The Morgan fingerprint density at radius 3 is 2.56 bits per heavy atom. The van der Waals surface area contributed by atoms with E-state index in [4.69, 9.17) is 4.74 Å². The molecule has 0 atom stereocenters. The van der Waals surface area contributed by atoms with Crippen molar-refractivity contribution in [2.24, 2.45) is 0 Å². The molecule has 25 heavy (non-hydrogen) atoms. The van der Waals surface area contributed by atoms with Gasteiger partial charge in [0.25, 0.3) is 0 Å². The predicted molar refractivity (Wildman–Crippen MR) is 95.6 cm³/mol. The molecule has 0 radical (unpaired) electrons. The molecule has 3 amide bonds. The van der Waals surface area contributed by atoms with E-state index in [1.165, 1.54) is 0 Å². The highest BCUT2D eigenvalue weighted by molar-refractivity contribution is 5.97. The third-order valence-electron chi connectivity index (χ3n) is 4.14. The molecule has 1 saturated heterocycles. The molecule has 0 saturated carbocycles. The van der Waals surface area contributed by atoms with Gasteiger partial charge >= 0.3 is 6.03 Å². The van der Waals surface area contributed by atoms with Gasteiger partial charge in [0.05, 0.1) is 12.8 Å². The van der Waals surface area contributed by atoms with Crippen molar-refractivity contribution in [2.45, 2.75) is 6.54 Å². The van der Waals surface area contributed by atoms with Crippen LogP contribution >= 0.6 is 0 Å². The standard InChI is InChI=1S/C19H21N3O3/c1-25-17-10-6-5-9-16(17)22-12-11-21(19(22)24)14-18(23)20-13-15-7-3-2-4-8-15/h2-10H,11-14H2,1H3,(H,20,23). The molecule has 6 nitrogen and oxygen atoms in total. The summed E-state index contributed by atoms with van der Waals surface area (Å²) in [6.45, 7) is 1.55. The lowest BCUT2D eigenvalue weighted by Crippen LogP contribution is -2.39. The van der Waals surface area contributed by atoms with Gasteiger partial charge in [-0.2, -0.15) is 0 Å². The van der Waals surface area contributed by atoms with E-state index < -0.39 is 0 Å². The SMILES string of the molecule is COc1ccccc1N1CCN(CC(=O)NCc2ccccc2)C1=O. The number of carbonyl (C=O) groups is 2. The highest BCUT2D eigenvalue weighted by atomic mass is 16.5. The molecule has 0 aliphatic carbocycles. The van der Waals surface area contributed by atoms with Gasteiger partial charge in [-0.1, -0.05) is 42.5 Å². The maximum Gasteiger partial charge on any atom is 0.325 e. The molecule has 1 aliphatic heterocycles. The van der Waals surface area contributed by atoms with E-state index in [0.29, 0.717) is 25.4 Å². The van der Waals surface area contributed by atoms with E-state index in [1.54, 1.807) is 16.9 Å². The van der Waals surface area contributed by atoms with Crippen LogP contribution in [-0.2, 0) is 11.3 Å². The number of nitrogens with one attached hydrogen (secondary N) is 1. The third-order valence-corrected chi connectivity index (χ3v) is 4.14. The van der Waals surface area contributed by atoms with E-state index in [2.05, 4.69) is 5.32 Å². The Labute approximate surface area is 147 Å². The Bertz CT molecular complexity index is 749.